The van der Waals surface area contributed by atoms with Gasteiger partial charge in [0.25, 0.3) is 11.8 Å². The Balaban J connectivity index is 1.39. The van der Waals surface area contributed by atoms with Crippen molar-refractivity contribution in [2.24, 2.45) is 0 Å². The van der Waals surface area contributed by atoms with Gasteiger partial charge in [-0.3, -0.25) is 29.4 Å². The number of carbonyl (C=O) groups is 4. The molecule has 2 heterocycles. The van der Waals surface area contributed by atoms with Crippen molar-refractivity contribution < 1.29 is 19.2 Å². The van der Waals surface area contributed by atoms with Gasteiger partial charge in [0.1, 0.15) is 6.04 Å². The molecule has 160 valence electrons. The van der Waals surface area contributed by atoms with E-state index in [2.05, 4.69) is 22.6 Å². The summed E-state index contributed by atoms with van der Waals surface area (Å²) in [7, 11) is 2.15. The Hall–Kier alpha value is -2.74. The maximum atomic E-state index is 12.9. The summed E-state index contributed by atoms with van der Waals surface area (Å²) in [5.41, 5.74) is 1.38. The molecule has 1 saturated heterocycles. The van der Waals surface area contributed by atoms with Gasteiger partial charge in [-0.05, 0) is 44.5 Å². The fraction of sp³-hybridized carbons (Fsp3) is 0.545. The van der Waals surface area contributed by atoms with E-state index in [9.17, 15) is 19.2 Å². The highest BCUT2D eigenvalue weighted by atomic mass is 16.2. The van der Waals surface area contributed by atoms with Crippen LogP contribution < -0.4 is 10.6 Å². The zero-order valence-corrected chi connectivity index (χ0v) is 17.3. The van der Waals surface area contributed by atoms with Gasteiger partial charge in [0, 0.05) is 31.2 Å². The molecule has 1 unspecified atom stereocenters. The Kier molecular flexibility index (Phi) is 5.85. The minimum absolute atomic E-state index is 0.116. The predicted molar refractivity (Wildman–Crippen MR) is 111 cm³/mol. The Bertz CT molecular complexity index is 878. The highest BCUT2D eigenvalue weighted by Crippen LogP contribution is 2.29. The fourth-order valence-corrected chi connectivity index (χ4v) is 4.66. The molecule has 30 heavy (non-hydrogen) atoms. The topological polar surface area (TPSA) is 98.8 Å². The highest BCUT2D eigenvalue weighted by Gasteiger charge is 2.44. The molecule has 1 aromatic carbocycles. The van der Waals surface area contributed by atoms with E-state index in [1.165, 1.54) is 32.1 Å². The minimum atomic E-state index is -0.935. The van der Waals surface area contributed by atoms with E-state index >= 15 is 0 Å². The Morgan fingerprint density at radius 3 is 2.50 bits per heavy atom. The smallest absolute Gasteiger partial charge is 0.262 e. The number of nitrogens with one attached hydrogen (secondary N) is 2. The summed E-state index contributed by atoms with van der Waals surface area (Å²) in [5.74, 6) is -1.93. The van der Waals surface area contributed by atoms with Crippen molar-refractivity contribution in [2.75, 3.05) is 25.5 Å². The van der Waals surface area contributed by atoms with Crippen LogP contribution in [0.3, 0.4) is 0 Å². The molecule has 1 aromatic rings. The number of imide groups is 2. The molecular weight excluding hydrogens is 384 g/mol. The fourth-order valence-electron chi connectivity index (χ4n) is 4.66. The Labute approximate surface area is 176 Å². The van der Waals surface area contributed by atoms with Crippen LogP contribution in [-0.4, -0.2) is 65.6 Å². The predicted octanol–water partition coefficient (Wildman–Crippen LogP) is 1.76. The summed E-state index contributed by atoms with van der Waals surface area (Å²) in [6, 6.07) is 4.81. The van der Waals surface area contributed by atoms with Crippen molar-refractivity contribution in [2.45, 2.75) is 57.0 Å². The van der Waals surface area contributed by atoms with E-state index < -0.39 is 23.8 Å². The van der Waals surface area contributed by atoms with E-state index in [1.54, 1.807) is 18.2 Å². The van der Waals surface area contributed by atoms with Crippen LogP contribution in [0.15, 0.2) is 18.2 Å². The van der Waals surface area contributed by atoms with Crippen LogP contribution in [0, 0.1) is 0 Å². The van der Waals surface area contributed by atoms with E-state index in [0.717, 1.165) is 23.7 Å². The molecule has 8 nitrogen and oxygen atoms in total. The van der Waals surface area contributed by atoms with Gasteiger partial charge < -0.3 is 10.2 Å². The first kappa shape index (κ1) is 20.5. The summed E-state index contributed by atoms with van der Waals surface area (Å²) in [6.45, 7) is 1.64. The first-order valence-corrected chi connectivity index (χ1v) is 10.8. The van der Waals surface area contributed by atoms with Crippen LogP contribution in [0.5, 0.6) is 0 Å². The van der Waals surface area contributed by atoms with E-state index in [-0.39, 0.29) is 18.7 Å². The number of hydrogen-bond donors (Lipinski definition) is 2. The number of anilines is 1. The van der Waals surface area contributed by atoms with Gasteiger partial charge in [0.15, 0.2) is 0 Å². The molecule has 0 aromatic heterocycles. The molecule has 2 fully saturated rings. The number of amides is 4. The van der Waals surface area contributed by atoms with Crippen LogP contribution in [0.2, 0.25) is 0 Å². The van der Waals surface area contributed by atoms with Crippen molar-refractivity contribution in [1.82, 2.24) is 15.1 Å². The van der Waals surface area contributed by atoms with Gasteiger partial charge in [-0.25, -0.2) is 0 Å². The number of carbonyl (C=O) groups excluding carboxylic acids is 4. The lowest BCUT2D eigenvalue weighted by atomic mass is 9.94. The summed E-state index contributed by atoms with van der Waals surface area (Å²) in [4.78, 5) is 52.5. The van der Waals surface area contributed by atoms with Crippen molar-refractivity contribution >= 4 is 29.3 Å². The second-order valence-electron chi connectivity index (χ2n) is 8.41. The molecule has 8 heteroatoms. The zero-order valence-electron chi connectivity index (χ0n) is 17.3. The van der Waals surface area contributed by atoms with E-state index in [4.69, 9.17) is 0 Å². The third-order valence-electron chi connectivity index (χ3n) is 6.43. The summed E-state index contributed by atoms with van der Waals surface area (Å²) >= 11 is 0. The van der Waals surface area contributed by atoms with Crippen molar-refractivity contribution in [3.63, 3.8) is 0 Å². The van der Waals surface area contributed by atoms with Gasteiger partial charge in [-0.2, -0.15) is 0 Å². The quantitative estimate of drug-likeness (QED) is 0.691. The van der Waals surface area contributed by atoms with Gasteiger partial charge in [-0.1, -0.05) is 19.3 Å². The first-order chi connectivity index (χ1) is 14.5. The zero-order chi connectivity index (χ0) is 21.3. The summed E-state index contributed by atoms with van der Waals surface area (Å²) in [5, 5.41) is 5.55. The number of fused-ring (bicyclic) bond motifs is 1. The molecule has 1 aliphatic carbocycles. The standard InChI is InChI=1S/C22H28N4O4/c1-25(15-5-3-2-4-6-15)12-11-23-14-7-8-16-17(13-14)22(30)26(21(16)29)18-9-10-19(27)24-20(18)28/h7-8,13,15,18,23H,2-6,9-12H2,1H3,(H,24,27,28). The Morgan fingerprint density at radius 1 is 1.03 bits per heavy atom. The molecular formula is C22H28N4O4. The lowest BCUT2D eigenvalue weighted by molar-refractivity contribution is -0.136. The van der Waals surface area contributed by atoms with Crippen molar-refractivity contribution in [3.8, 4) is 0 Å². The van der Waals surface area contributed by atoms with Gasteiger partial charge in [0.2, 0.25) is 11.8 Å². The maximum absolute atomic E-state index is 12.9. The van der Waals surface area contributed by atoms with Crippen LogP contribution in [-0.2, 0) is 9.59 Å². The van der Waals surface area contributed by atoms with Crippen molar-refractivity contribution in [3.05, 3.63) is 29.3 Å². The van der Waals surface area contributed by atoms with Gasteiger partial charge in [-0.15, -0.1) is 0 Å². The van der Waals surface area contributed by atoms with Crippen molar-refractivity contribution in [1.29, 1.82) is 0 Å². The number of rotatable bonds is 6. The molecule has 1 saturated carbocycles. The highest BCUT2D eigenvalue weighted by molar-refractivity contribution is 6.23. The average Bonchev–Trinajstić information content (AvgIpc) is 2.99. The average molecular weight is 412 g/mol. The molecule has 4 amide bonds. The monoisotopic (exact) mass is 412 g/mol. The Morgan fingerprint density at radius 2 is 1.77 bits per heavy atom. The third kappa shape index (κ3) is 3.96. The molecule has 0 radical (unpaired) electrons. The van der Waals surface area contributed by atoms with Crippen LogP contribution in [0.1, 0.15) is 65.7 Å². The first-order valence-electron chi connectivity index (χ1n) is 10.8. The van der Waals surface area contributed by atoms with E-state index in [1.807, 2.05) is 0 Å². The second-order valence-corrected chi connectivity index (χ2v) is 8.41. The molecule has 0 spiro atoms. The minimum Gasteiger partial charge on any atom is -0.384 e. The molecule has 3 aliphatic rings. The molecule has 1 atom stereocenters. The normalized spacial score (nSPS) is 22.5. The van der Waals surface area contributed by atoms with Crippen LogP contribution >= 0.6 is 0 Å². The summed E-state index contributed by atoms with van der Waals surface area (Å²) < 4.78 is 0. The van der Waals surface area contributed by atoms with Gasteiger partial charge in [0.05, 0.1) is 11.1 Å². The summed E-state index contributed by atoms with van der Waals surface area (Å²) in [6.07, 6.45) is 6.71. The lowest BCUT2D eigenvalue weighted by Gasteiger charge is -2.31. The maximum Gasteiger partial charge on any atom is 0.262 e. The molecule has 2 aliphatic heterocycles. The van der Waals surface area contributed by atoms with Gasteiger partial charge >= 0.3 is 0 Å². The second kappa shape index (κ2) is 8.55. The number of benzene rings is 1. The molecule has 0 bridgehead atoms. The number of piperidine rings is 1. The number of nitrogens with zero attached hydrogens (tertiary/aromatic N) is 2. The van der Waals surface area contributed by atoms with E-state index in [0.29, 0.717) is 17.2 Å². The SMILES string of the molecule is CN(CCNc1ccc2c(c1)C(=O)N(C1CCC(=O)NC1=O)C2=O)C1CCCCC1. The number of hydrogen-bond acceptors (Lipinski definition) is 6. The van der Waals surface area contributed by atoms with Crippen LogP contribution in [0.25, 0.3) is 0 Å². The number of likely N-dealkylation sites (N-methyl/N-ethyl adjacent to an activating group) is 1. The molecule has 2 N–H and O–H groups in total. The lowest BCUT2D eigenvalue weighted by Crippen LogP contribution is -2.54. The largest absolute Gasteiger partial charge is 0.384 e. The van der Waals surface area contributed by atoms with Crippen LogP contribution in [0.4, 0.5) is 5.69 Å². The molecule has 4 rings (SSSR count). The third-order valence-corrected chi connectivity index (χ3v) is 6.43.